The average Bonchev–Trinajstić information content (AvgIpc) is 3.04. The van der Waals surface area contributed by atoms with E-state index in [9.17, 15) is 0 Å². The molecule has 0 saturated carbocycles. The number of aryl methyl sites for hydroxylation is 2. The first-order valence-electron chi connectivity index (χ1n) is 8.48. The molecular formula is C18H26N4O2. The highest BCUT2D eigenvalue weighted by atomic mass is 16.5. The van der Waals surface area contributed by atoms with Crippen molar-refractivity contribution in [3.05, 3.63) is 40.7 Å². The van der Waals surface area contributed by atoms with Crippen molar-refractivity contribution < 1.29 is 9.84 Å². The van der Waals surface area contributed by atoms with Gasteiger partial charge in [-0.15, -0.1) is 5.10 Å². The molecule has 1 aliphatic heterocycles. The Hall–Kier alpha value is -1.92. The number of likely N-dealkylation sites (tertiary alicyclic amines) is 1. The Morgan fingerprint density at radius 3 is 2.62 bits per heavy atom. The van der Waals surface area contributed by atoms with Crippen LogP contribution >= 0.6 is 0 Å². The van der Waals surface area contributed by atoms with Crippen molar-refractivity contribution in [3.8, 4) is 5.75 Å². The molecule has 0 amide bonds. The van der Waals surface area contributed by atoms with Crippen LogP contribution in [0.15, 0.2) is 18.3 Å². The van der Waals surface area contributed by atoms with E-state index in [0.717, 1.165) is 38.2 Å². The summed E-state index contributed by atoms with van der Waals surface area (Å²) in [5.41, 5.74) is 4.37. The molecule has 6 heteroatoms. The number of aliphatic hydroxyl groups excluding tert-OH is 1. The molecule has 0 atom stereocenters. The fraction of sp³-hybridized carbons (Fsp3) is 0.556. The molecule has 1 aliphatic rings. The fourth-order valence-electron chi connectivity index (χ4n) is 3.60. The van der Waals surface area contributed by atoms with Gasteiger partial charge in [-0.2, -0.15) is 0 Å². The lowest BCUT2D eigenvalue weighted by atomic mass is 10.0. The normalized spacial score (nSPS) is 16.5. The van der Waals surface area contributed by atoms with E-state index in [4.69, 9.17) is 9.84 Å². The monoisotopic (exact) mass is 330 g/mol. The summed E-state index contributed by atoms with van der Waals surface area (Å²) in [6.07, 6.45) is 3.94. The molecule has 0 unspecified atom stereocenters. The van der Waals surface area contributed by atoms with E-state index < -0.39 is 0 Å². The highest BCUT2D eigenvalue weighted by Gasteiger charge is 2.22. The summed E-state index contributed by atoms with van der Waals surface area (Å²) in [7, 11) is 1.75. The molecular weight excluding hydrogens is 304 g/mol. The summed E-state index contributed by atoms with van der Waals surface area (Å²) in [5, 5.41) is 17.2. The fourth-order valence-corrected chi connectivity index (χ4v) is 3.60. The number of rotatable bonds is 5. The van der Waals surface area contributed by atoms with E-state index in [-0.39, 0.29) is 6.61 Å². The van der Waals surface area contributed by atoms with Crippen LogP contribution in [0.5, 0.6) is 5.75 Å². The quantitative estimate of drug-likeness (QED) is 0.911. The highest BCUT2D eigenvalue weighted by Crippen LogP contribution is 2.29. The molecule has 3 rings (SSSR count). The first-order chi connectivity index (χ1) is 11.6. The van der Waals surface area contributed by atoms with Crippen LogP contribution < -0.4 is 4.74 Å². The SMILES string of the molecule is COc1c(C)cc(C)cc1CN1CCC(n2cc(CO)nn2)CC1. The first kappa shape index (κ1) is 16.9. The van der Waals surface area contributed by atoms with Crippen LogP contribution in [0.4, 0.5) is 0 Å². The van der Waals surface area contributed by atoms with Crippen LogP contribution in [0, 0.1) is 13.8 Å². The van der Waals surface area contributed by atoms with Gasteiger partial charge in [0.05, 0.1) is 26.0 Å². The van der Waals surface area contributed by atoms with E-state index in [2.05, 4.69) is 41.2 Å². The zero-order chi connectivity index (χ0) is 17.1. The molecule has 2 heterocycles. The third-order valence-corrected chi connectivity index (χ3v) is 4.74. The molecule has 0 radical (unpaired) electrons. The Morgan fingerprint density at radius 1 is 1.25 bits per heavy atom. The predicted molar refractivity (Wildman–Crippen MR) is 92.0 cm³/mol. The van der Waals surface area contributed by atoms with Crippen LogP contribution in [0.3, 0.4) is 0 Å². The van der Waals surface area contributed by atoms with Crippen LogP contribution in [0.1, 0.15) is 41.3 Å². The number of benzene rings is 1. The summed E-state index contributed by atoms with van der Waals surface area (Å²) in [4.78, 5) is 2.47. The maximum atomic E-state index is 9.11. The zero-order valence-electron chi connectivity index (χ0n) is 14.7. The maximum absolute atomic E-state index is 9.11. The molecule has 0 aliphatic carbocycles. The second kappa shape index (κ2) is 7.32. The van der Waals surface area contributed by atoms with Crippen molar-refractivity contribution in [3.63, 3.8) is 0 Å². The second-order valence-corrected chi connectivity index (χ2v) is 6.63. The molecule has 1 aromatic heterocycles. The van der Waals surface area contributed by atoms with E-state index in [1.54, 1.807) is 7.11 Å². The number of hydrogen-bond acceptors (Lipinski definition) is 5. The number of piperidine rings is 1. The van der Waals surface area contributed by atoms with Gasteiger partial charge < -0.3 is 9.84 Å². The lowest BCUT2D eigenvalue weighted by Gasteiger charge is -2.32. The molecule has 0 spiro atoms. The van der Waals surface area contributed by atoms with Gasteiger partial charge in [0.25, 0.3) is 0 Å². The largest absolute Gasteiger partial charge is 0.496 e. The highest BCUT2D eigenvalue weighted by molar-refractivity contribution is 5.43. The molecule has 1 saturated heterocycles. The maximum Gasteiger partial charge on any atom is 0.126 e. The first-order valence-corrected chi connectivity index (χ1v) is 8.48. The van der Waals surface area contributed by atoms with Crippen molar-refractivity contribution in [1.29, 1.82) is 0 Å². The van der Waals surface area contributed by atoms with Crippen LogP contribution in [0.2, 0.25) is 0 Å². The summed E-state index contributed by atoms with van der Waals surface area (Å²) >= 11 is 0. The standard InChI is InChI=1S/C18H26N4O2/c1-13-8-14(2)18(24-3)15(9-13)10-21-6-4-17(5-7-21)22-11-16(12-23)19-20-22/h8-9,11,17,23H,4-7,10,12H2,1-3H3. The zero-order valence-corrected chi connectivity index (χ0v) is 14.7. The summed E-state index contributed by atoms with van der Waals surface area (Å²) in [6.45, 7) is 7.14. The van der Waals surface area contributed by atoms with Gasteiger partial charge >= 0.3 is 0 Å². The summed E-state index contributed by atoms with van der Waals surface area (Å²) in [6, 6.07) is 4.76. The minimum atomic E-state index is -0.0502. The molecule has 1 fully saturated rings. The van der Waals surface area contributed by atoms with Crippen LogP contribution in [0.25, 0.3) is 0 Å². The van der Waals surface area contributed by atoms with E-state index in [0.29, 0.717) is 11.7 Å². The minimum Gasteiger partial charge on any atom is -0.496 e. The van der Waals surface area contributed by atoms with Gasteiger partial charge in [0.15, 0.2) is 0 Å². The topological polar surface area (TPSA) is 63.4 Å². The second-order valence-electron chi connectivity index (χ2n) is 6.63. The van der Waals surface area contributed by atoms with E-state index >= 15 is 0 Å². The predicted octanol–water partition coefficient (Wildman–Crippen LogP) is 2.23. The molecule has 24 heavy (non-hydrogen) atoms. The number of aliphatic hydroxyl groups is 1. The summed E-state index contributed by atoms with van der Waals surface area (Å²) < 4.78 is 7.51. The van der Waals surface area contributed by atoms with Crippen molar-refractivity contribution in [2.75, 3.05) is 20.2 Å². The van der Waals surface area contributed by atoms with Crippen LogP contribution in [-0.4, -0.2) is 45.2 Å². The number of hydrogen-bond donors (Lipinski definition) is 1. The third-order valence-electron chi connectivity index (χ3n) is 4.74. The Labute approximate surface area is 143 Å². The average molecular weight is 330 g/mol. The van der Waals surface area contributed by atoms with Gasteiger partial charge in [-0.05, 0) is 32.3 Å². The number of aromatic nitrogens is 3. The van der Waals surface area contributed by atoms with E-state index in [1.807, 2.05) is 10.9 Å². The number of nitrogens with zero attached hydrogens (tertiary/aromatic N) is 4. The van der Waals surface area contributed by atoms with Crippen molar-refractivity contribution in [2.24, 2.45) is 0 Å². The Balaban J connectivity index is 1.63. The lowest BCUT2D eigenvalue weighted by molar-refractivity contribution is 0.170. The van der Waals surface area contributed by atoms with Gasteiger partial charge in [-0.25, -0.2) is 4.68 Å². The van der Waals surface area contributed by atoms with Crippen molar-refractivity contribution in [2.45, 2.75) is 45.9 Å². The Kier molecular flexibility index (Phi) is 5.16. The van der Waals surface area contributed by atoms with Gasteiger partial charge in [-0.3, -0.25) is 4.90 Å². The Bertz CT molecular complexity index is 690. The van der Waals surface area contributed by atoms with Crippen molar-refractivity contribution >= 4 is 0 Å². The number of ether oxygens (including phenoxy) is 1. The molecule has 1 N–H and O–H groups in total. The molecule has 130 valence electrons. The molecule has 0 bridgehead atoms. The molecule has 1 aromatic carbocycles. The molecule has 2 aromatic rings. The van der Waals surface area contributed by atoms with Gasteiger partial charge in [0.2, 0.25) is 0 Å². The van der Waals surface area contributed by atoms with Gasteiger partial charge in [0, 0.05) is 25.2 Å². The van der Waals surface area contributed by atoms with Crippen molar-refractivity contribution in [1.82, 2.24) is 19.9 Å². The smallest absolute Gasteiger partial charge is 0.126 e. The van der Waals surface area contributed by atoms with Crippen LogP contribution in [-0.2, 0) is 13.2 Å². The number of methoxy groups -OCH3 is 1. The molecule has 6 nitrogen and oxygen atoms in total. The van der Waals surface area contributed by atoms with Gasteiger partial charge in [0.1, 0.15) is 11.4 Å². The third kappa shape index (κ3) is 3.60. The Morgan fingerprint density at radius 2 is 2.00 bits per heavy atom. The minimum absolute atomic E-state index is 0.0502. The lowest BCUT2D eigenvalue weighted by Crippen LogP contribution is -2.34. The summed E-state index contributed by atoms with van der Waals surface area (Å²) in [5.74, 6) is 1.01. The van der Waals surface area contributed by atoms with E-state index in [1.165, 1.54) is 16.7 Å². The van der Waals surface area contributed by atoms with Gasteiger partial charge in [-0.1, -0.05) is 22.9 Å².